The van der Waals surface area contributed by atoms with Gasteiger partial charge in [-0.3, -0.25) is 0 Å². The SMILES string of the molecule is CCCCCCC(O)CCCCCCCCCC(CC)S(=O)(=O)[O-].[Na+]. The first-order valence-corrected chi connectivity index (χ1v) is 11.5. The Balaban J connectivity index is 0. The van der Waals surface area contributed by atoms with Gasteiger partial charge in [0.2, 0.25) is 0 Å². The normalized spacial score (nSPS) is 14.1. The molecule has 0 aromatic carbocycles. The molecule has 0 aliphatic carbocycles. The molecule has 25 heavy (non-hydrogen) atoms. The Bertz CT molecular complexity index is 374. The molecule has 2 unspecified atom stereocenters. The third-order valence-electron chi connectivity index (χ3n) is 4.82. The number of hydrogen-bond acceptors (Lipinski definition) is 4. The van der Waals surface area contributed by atoms with Crippen molar-refractivity contribution in [2.24, 2.45) is 0 Å². The number of unbranched alkanes of at least 4 members (excludes halogenated alkanes) is 9. The Morgan fingerprint density at radius 1 is 0.760 bits per heavy atom. The summed E-state index contributed by atoms with van der Waals surface area (Å²) < 4.78 is 32.9. The fourth-order valence-corrected chi connectivity index (χ4v) is 4.00. The van der Waals surface area contributed by atoms with E-state index in [4.69, 9.17) is 0 Å². The van der Waals surface area contributed by atoms with E-state index in [2.05, 4.69) is 6.92 Å². The third kappa shape index (κ3) is 18.0. The largest absolute Gasteiger partial charge is 1.00 e. The quantitative estimate of drug-likeness (QED) is 0.236. The van der Waals surface area contributed by atoms with E-state index in [0.717, 1.165) is 51.4 Å². The van der Waals surface area contributed by atoms with Gasteiger partial charge in [-0.2, -0.15) is 0 Å². The Hall–Kier alpha value is 0.870. The van der Waals surface area contributed by atoms with E-state index in [1.54, 1.807) is 6.92 Å². The van der Waals surface area contributed by atoms with Crippen molar-refractivity contribution in [3.63, 3.8) is 0 Å². The van der Waals surface area contributed by atoms with Crippen molar-refractivity contribution in [1.29, 1.82) is 0 Å². The standard InChI is InChI=1S/C19H40O4S.Na/c1-3-5-6-12-15-18(20)16-13-10-8-7-9-11-14-17-19(4-2)24(21,22)23;/h18-20H,3-17H2,1-2H3,(H,21,22,23);/q;+1/p-1. The summed E-state index contributed by atoms with van der Waals surface area (Å²) in [6.07, 6.45) is 15.1. The van der Waals surface area contributed by atoms with Crippen LogP contribution in [-0.2, 0) is 10.1 Å². The van der Waals surface area contributed by atoms with Gasteiger partial charge in [0.25, 0.3) is 0 Å². The zero-order valence-electron chi connectivity index (χ0n) is 16.8. The van der Waals surface area contributed by atoms with Crippen LogP contribution in [0, 0.1) is 0 Å². The minimum absolute atomic E-state index is 0. The van der Waals surface area contributed by atoms with Gasteiger partial charge in [-0.05, 0) is 25.7 Å². The van der Waals surface area contributed by atoms with Gasteiger partial charge in [0.05, 0.1) is 16.2 Å². The molecular weight excluding hydrogens is 347 g/mol. The van der Waals surface area contributed by atoms with Gasteiger partial charge in [-0.1, -0.05) is 84.5 Å². The smallest absolute Gasteiger partial charge is 0.748 e. The number of hydrogen-bond donors (Lipinski definition) is 1. The molecule has 146 valence electrons. The van der Waals surface area contributed by atoms with Gasteiger partial charge < -0.3 is 9.66 Å². The second-order valence-electron chi connectivity index (χ2n) is 7.08. The first kappa shape index (κ1) is 28.1. The summed E-state index contributed by atoms with van der Waals surface area (Å²) in [5.41, 5.74) is 0. The van der Waals surface area contributed by atoms with Crippen molar-refractivity contribution in [2.45, 2.75) is 122 Å². The van der Waals surface area contributed by atoms with Crippen LogP contribution < -0.4 is 29.6 Å². The third-order valence-corrected chi connectivity index (χ3v) is 6.20. The van der Waals surface area contributed by atoms with Crippen molar-refractivity contribution in [2.75, 3.05) is 0 Å². The molecule has 0 saturated heterocycles. The van der Waals surface area contributed by atoms with Crippen molar-refractivity contribution < 1.29 is 47.6 Å². The summed E-state index contributed by atoms with van der Waals surface area (Å²) >= 11 is 0. The fraction of sp³-hybridized carbons (Fsp3) is 1.00. The molecule has 0 aromatic heterocycles. The van der Waals surface area contributed by atoms with Gasteiger partial charge in [-0.15, -0.1) is 0 Å². The van der Waals surface area contributed by atoms with Crippen LogP contribution in [0.25, 0.3) is 0 Å². The Kier molecular flexibility index (Phi) is 20.5. The molecule has 6 heteroatoms. The zero-order chi connectivity index (χ0) is 18.3. The molecule has 0 aliphatic heterocycles. The molecule has 1 N–H and O–H groups in total. The van der Waals surface area contributed by atoms with E-state index in [1.807, 2.05) is 0 Å². The van der Waals surface area contributed by atoms with Crippen LogP contribution in [0.2, 0.25) is 0 Å². The van der Waals surface area contributed by atoms with Crippen LogP contribution in [0.15, 0.2) is 0 Å². The summed E-state index contributed by atoms with van der Waals surface area (Å²) in [7, 11) is -4.11. The van der Waals surface area contributed by atoms with Gasteiger partial charge in [-0.25, -0.2) is 8.42 Å². The summed E-state index contributed by atoms with van der Waals surface area (Å²) in [5.74, 6) is 0. The Morgan fingerprint density at radius 3 is 1.56 bits per heavy atom. The molecule has 0 rings (SSSR count). The average molecular weight is 387 g/mol. The fourth-order valence-electron chi connectivity index (χ4n) is 3.14. The second-order valence-corrected chi connectivity index (χ2v) is 8.73. The molecular formula is C19H39NaO4S. The predicted octanol–water partition coefficient (Wildman–Crippen LogP) is 2.16. The average Bonchev–Trinajstić information content (AvgIpc) is 2.52. The molecule has 4 nitrogen and oxygen atoms in total. The minimum Gasteiger partial charge on any atom is -0.748 e. The Morgan fingerprint density at radius 2 is 1.16 bits per heavy atom. The van der Waals surface area contributed by atoms with Crippen molar-refractivity contribution >= 4 is 10.1 Å². The van der Waals surface area contributed by atoms with Crippen LogP contribution in [0.4, 0.5) is 0 Å². The van der Waals surface area contributed by atoms with Crippen LogP contribution in [0.3, 0.4) is 0 Å². The molecule has 0 amide bonds. The molecule has 0 fully saturated rings. The maximum absolute atomic E-state index is 11.0. The molecule has 0 bridgehead atoms. The topological polar surface area (TPSA) is 77.4 Å². The van der Waals surface area contributed by atoms with Gasteiger partial charge >= 0.3 is 29.6 Å². The predicted molar refractivity (Wildman–Crippen MR) is 100 cm³/mol. The molecule has 2 atom stereocenters. The van der Waals surface area contributed by atoms with Crippen LogP contribution in [0.1, 0.15) is 110 Å². The zero-order valence-corrected chi connectivity index (χ0v) is 19.7. The van der Waals surface area contributed by atoms with Crippen molar-refractivity contribution in [1.82, 2.24) is 0 Å². The molecule has 0 heterocycles. The number of aliphatic hydroxyl groups excluding tert-OH is 1. The van der Waals surface area contributed by atoms with Crippen LogP contribution >= 0.6 is 0 Å². The Labute approximate surface area is 178 Å². The van der Waals surface area contributed by atoms with Crippen molar-refractivity contribution in [3.8, 4) is 0 Å². The second kappa shape index (κ2) is 18.2. The summed E-state index contributed by atoms with van der Waals surface area (Å²) in [4.78, 5) is 0. The van der Waals surface area contributed by atoms with E-state index in [1.165, 1.54) is 32.1 Å². The maximum atomic E-state index is 11.0. The molecule has 0 spiro atoms. The molecule has 0 radical (unpaired) electrons. The van der Waals surface area contributed by atoms with Gasteiger partial charge in [0, 0.05) is 5.25 Å². The molecule has 0 saturated carbocycles. The summed E-state index contributed by atoms with van der Waals surface area (Å²) in [6.45, 7) is 3.96. The van der Waals surface area contributed by atoms with Crippen molar-refractivity contribution in [3.05, 3.63) is 0 Å². The number of aliphatic hydroxyl groups is 1. The first-order chi connectivity index (χ1) is 11.4. The van der Waals surface area contributed by atoms with E-state index < -0.39 is 15.4 Å². The van der Waals surface area contributed by atoms with E-state index in [9.17, 15) is 18.1 Å². The van der Waals surface area contributed by atoms with E-state index in [-0.39, 0.29) is 35.7 Å². The maximum Gasteiger partial charge on any atom is 1.00 e. The first-order valence-electron chi connectivity index (χ1n) is 10.0. The van der Waals surface area contributed by atoms with E-state index in [0.29, 0.717) is 12.8 Å². The molecule has 0 aliphatic rings. The minimum atomic E-state index is -4.11. The van der Waals surface area contributed by atoms with Gasteiger partial charge in [0.1, 0.15) is 0 Å². The van der Waals surface area contributed by atoms with E-state index >= 15 is 0 Å². The van der Waals surface area contributed by atoms with Crippen LogP contribution in [0.5, 0.6) is 0 Å². The van der Waals surface area contributed by atoms with Crippen LogP contribution in [-0.4, -0.2) is 29.4 Å². The molecule has 0 aromatic rings. The van der Waals surface area contributed by atoms with Gasteiger partial charge in [0.15, 0.2) is 0 Å². The summed E-state index contributed by atoms with van der Waals surface area (Å²) in [5, 5.41) is 9.19. The summed E-state index contributed by atoms with van der Waals surface area (Å²) in [6, 6.07) is 0. The monoisotopic (exact) mass is 386 g/mol. The number of rotatable bonds is 17.